The maximum Gasteiger partial charge on any atom is 0.418 e. The fourth-order valence-corrected chi connectivity index (χ4v) is 1.72. The van der Waals surface area contributed by atoms with E-state index < -0.39 is 34.9 Å². The van der Waals surface area contributed by atoms with Gasteiger partial charge in [0.15, 0.2) is 0 Å². The van der Waals surface area contributed by atoms with Crippen LogP contribution in [0.5, 0.6) is 0 Å². The van der Waals surface area contributed by atoms with Gasteiger partial charge in [-0.1, -0.05) is 0 Å². The lowest BCUT2D eigenvalue weighted by Gasteiger charge is -2.26. The molecule has 0 fully saturated rings. The van der Waals surface area contributed by atoms with Crippen LogP contribution in [0.2, 0.25) is 0 Å². The number of urea groups is 1. The summed E-state index contributed by atoms with van der Waals surface area (Å²) in [7, 11) is 1.32. The van der Waals surface area contributed by atoms with Gasteiger partial charge in [-0.15, -0.1) is 0 Å². The third-order valence-electron chi connectivity index (χ3n) is 2.50. The van der Waals surface area contributed by atoms with Crippen molar-refractivity contribution in [2.75, 3.05) is 18.9 Å². The van der Waals surface area contributed by atoms with Crippen molar-refractivity contribution in [1.29, 1.82) is 0 Å². The number of likely N-dealkylation sites (N-methyl/N-ethyl adjacent to an activating group) is 1. The summed E-state index contributed by atoms with van der Waals surface area (Å²) < 4.78 is 51.3. The molecule has 0 aromatic heterocycles. The maximum absolute atomic E-state index is 12.9. The molecule has 0 aliphatic carbocycles. The smallest absolute Gasteiger partial charge is 0.389 e. The number of hydrogen-bond donors (Lipinski definition) is 2. The Labute approximate surface area is 119 Å². The highest BCUT2D eigenvalue weighted by atomic mass is 19.4. The Morgan fingerprint density at radius 3 is 2.38 bits per heavy atom. The lowest BCUT2D eigenvalue weighted by atomic mass is 10.1. The molecule has 0 aliphatic heterocycles. The average molecular weight is 308 g/mol. The van der Waals surface area contributed by atoms with E-state index in [0.29, 0.717) is 6.07 Å². The molecule has 0 saturated carbocycles. The van der Waals surface area contributed by atoms with Crippen LogP contribution in [0.25, 0.3) is 0 Å². The zero-order chi connectivity index (χ0) is 16.4. The molecule has 4 nitrogen and oxygen atoms in total. The number of halogens is 4. The van der Waals surface area contributed by atoms with Gasteiger partial charge in [-0.25, -0.2) is 9.18 Å². The van der Waals surface area contributed by atoms with E-state index in [1.807, 2.05) is 0 Å². The summed E-state index contributed by atoms with van der Waals surface area (Å²) >= 11 is 0. The molecule has 0 heterocycles. The average Bonchev–Trinajstić information content (AvgIpc) is 2.27. The van der Waals surface area contributed by atoms with Gasteiger partial charge in [-0.05, 0) is 32.0 Å². The van der Waals surface area contributed by atoms with Gasteiger partial charge >= 0.3 is 12.2 Å². The van der Waals surface area contributed by atoms with Crippen LogP contribution in [0, 0.1) is 5.82 Å². The van der Waals surface area contributed by atoms with Gasteiger partial charge in [0, 0.05) is 7.05 Å². The van der Waals surface area contributed by atoms with E-state index in [1.165, 1.54) is 20.9 Å². The van der Waals surface area contributed by atoms with E-state index in [1.54, 1.807) is 0 Å². The molecule has 0 spiro atoms. The number of carbonyl (C=O) groups is 1. The molecule has 0 saturated heterocycles. The topological polar surface area (TPSA) is 52.6 Å². The number of hydrogen-bond acceptors (Lipinski definition) is 2. The molecule has 1 aromatic rings. The second kappa shape index (κ2) is 5.88. The highest BCUT2D eigenvalue weighted by molar-refractivity contribution is 5.90. The minimum absolute atomic E-state index is 0.0820. The summed E-state index contributed by atoms with van der Waals surface area (Å²) in [6.07, 6.45) is -4.79. The fraction of sp³-hybridized carbons (Fsp3) is 0.462. The van der Waals surface area contributed by atoms with Gasteiger partial charge in [-0.3, -0.25) is 0 Å². The van der Waals surface area contributed by atoms with Crippen LogP contribution in [-0.4, -0.2) is 35.2 Å². The number of anilines is 1. The van der Waals surface area contributed by atoms with Crippen molar-refractivity contribution in [1.82, 2.24) is 4.90 Å². The standard InChI is InChI=1S/C13H16F4N2O2/c1-12(2,21)7-19(3)11(20)18-10-5-4-8(14)6-9(10)13(15,16)17/h4-6,21H,7H2,1-3H3,(H,18,20). The van der Waals surface area contributed by atoms with Crippen molar-refractivity contribution in [3.8, 4) is 0 Å². The fourth-order valence-electron chi connectivity index (χ4n) is 1.72. The van der Waals surface area contributed by atoms with Crippen LogP contribution in [0.1, 0.15) is 19.4 Å². The van der Waals surface area contributed by atoms with E-state index in [2.05, 4.69) is 5.32 Å². The van der Waals surface area contributed by atoms with E-state index >= 15 is 0 Å². The first kappa shape index (κ1) is 17.2. The molecule has 118 valence electrons. The molecular weight excluding hydrogens is 292 g/mol. The van der Waals surface area contributed by atoms with Crippen molar-refractivity contribution < 1.29 is 27.5 Å². The summed E-state index contributed by atoms with van der Waals surface area (Å²) in [5.74, 6) is -1.05. The van der Waals surface area contributed by atoms with Crippen molar-refractivity contribution in [3.05, 3.63) is 29.6 Å². The highest BCUT2D eigenvalue weighted by Crippen LogP contribution is 2.35. The summed E-state index contributed by atoms with van der Waals surface area (Å²) in [5.41, 5.74) is -3.01. The predicted molar refractivity (Wildman–Crippen MR) is 69.3 cm³/mol. The summed E-state index contributed by atoms with van der Waals surface area (Å²) in [6.45, 7) is 2.83. The van der Waals surface area contributed by atoms with Crippen LogP contribution in [0.3, 0.4) is 0 Å². The molecule has 0 bridgehead atoms. The van der Waals surface area contributed by atoms with Crippen LogP contribution in [-0.2, 0) is 6.18 Å². The number of alkyl halides is 3. The third kappa shape index (κ3) is 5.22. The highest BCUT2D eigenvalue weighted by Gasteiger charge is 2.34. The quantitative estimate of drug-likeness (QED) is 0.843. The molecule has 0 radical (unpaired) electrons. The van der Waals surface area contributed by atoms with E-state index in [0.717, 1.165) is 17.0 Å². The Hall–Kier alpha value is -1.83. The Bertz CT molecular complexity index is 524. The lowest BCUT2D eigenvalue weighted by Crippen LogP contribution is -2.41. The largest absolute Gasteiger partial charge is 0.418 e. The number of amides is 2. The minimum Gasteiger partial charge on any atom is -0.389 e. The molecular formula is C13H16F4N2O2. The molecule has 21 heavy (non-hydrogen) atoms. The predicted octanol–water partition coefficient (Wildman–Crippen LogP) is 3.08. The molecule has 1 rings (SSSR count). The van der Waals surface area contributed by atoms with E-state index in [9.17, 15) is 27.5 Å². The molecule has 0 aliphatic rings. The summed E-state index contributed by atoms with van der Waals surface area (Å²) in [5, 5.41) is 11.6. The molecule has 1 aromatic carbocycles. The zero-order valence-corrected chi connectivity index (χ0v) is 11.8. The van der Waals surface area contributed by atoms with E-state index in [-0.39, 0.29) is 6.54 Å². The van der Waals surface area contributed by atoms with Gasteiger partial charge in [0.25, 0.3) is 0 Å². The monoisotopic (exact) mass is 308 g/mol. The number of nitrogens with one attached hydrogen (secondary N) is 1. The zero-order valence-electron chi connectivity index (χ0n) is 11.8. The van der Waals surface area contributed by atoms with Crippen molar-refractivity contribution in [3.63, 3.8) is 0 Å². The van der Waals surface area contributed by atoms with Crippen LogP contribution < -0.4 is 5.32 Å². The van der Waals surface area contributed by atoms with Gasteiger partial charge in [0.05, 0.1) is 23.4 Å². The second-order valence-electron chi connectivity index (χ2n) is 5.29. The van der Waals surface area contributed by atoms with Crippen LogP contribution in [0.15, 0.2) is 18.2 Å². The molecule has 0 unspecified atom stereocenters. The maximum atomic E-state index is 12.9. The summed E-state index contributed by atoms with van der Waals surface area (Å²) in [4.78, 5) is 12.8. The second-order valence-corrected chi connectivity index (χ2v) is 5.29. The Morgan fingerprint density at radius 2 is 1.90 bits per heavy atom. The summed E-state index contributed by atoms with van der Waals surface area (Å²) in [6, 6.07) is 1.13. The molecule has 8 heteroatoms. The van der Waals surface area contributed by atoms with Crippen molar-refractivity contribution in [2.45, 2.75) is 25.6 Å². The Kier molecular flexibility index (Phi) is 4.83. The van der Waals surface area contributed by atoms with E-state index in [4.69, 9.17) is 0 Å². The first-order valence-electron chi connectivity index (χ1n) is 6.01. The van der Waals surface area contributed by atoms with Crippen LogP contribution >= 0.6 is 0 Å². The van der Waals surface area contributed by atoms with Gasteiger partial charge in [-0.2, -0.15) is 13.2 Å². The Morgan fingerprint density at radius 1 is 1.33 bits per heavy atom. The first-order valence-corrected chi connectivity index (χ1v) is 6.01. The number of rotatable bonds is 3. The van der Waals surface area contributed by atoms with Gasteiger partial charge in [0.2, 0.25) is 0 Å². The first-order chi connectivity index (χ1) is 9.40. The molecule has 2 amide bonds. The van der Waals surface area contributed by atoms with Crippen molar-refractivity contribution >= 4 is 11.7 Å². The number of nitrogens with zero attached hydrogens (tertiary/aromatic N) is 1. The number of carbonyl (C=O) groups excluding carboxylic acids is 1. The minimum atomic E-state index is -4.79. The third-order valence-corrected chi connectivity index (χ3v) is 2.50. The molecule has 2 N–H and O–H groups in total. The van der Waals surface area contributed by atoms with Crippen LogP contribution in [0.4, 0.5) is 28.0 Å². The lowest BCUT2D eigenvalue weighted by molar-refractivity contribution is -0.137. The number of benzene rings is 1. The SMILES string of the molecule is CN(CC(C)(C)O)C(=O)Nc1ccc(F)cc1C(F)(F)F. The normalized spacial score (nSPS) is 12.2. The number of aliphatic hydroxyl groups is 1. The van der Waals surface area contributed by atoms with Crippen molar-refractivity contribution in [2.24, 2.45) is 0 Å². The van der Waals surface area contributed by atoms with Gasteiger partial charge in [0.1, 0.15) is 5.82 Å². The van der Waals surface area contributed by atoms with Gasteiger partial charge < -0.3 is 15.3 Å². The Balaban J connectivity index is 2.96. The molecule has 0 atom stereocenters.